The van der Waals surface area contributed by atoms with Crippen LogP contribution in [0.25, 0.3) is 28.0 Å². The number of nitrogens with one attached hydrogen (secondary N) is 1. The number of amides is 1. The number of aryl methyl sites for hydroxylation is 2. The van der Waals surface area contributed by atoms with Crippen LogP contribution in [-0.4, -0.2) is 52.1 Å². The third-order valence-corrected chi connectivity index (χ3v) is 5.88. The van der Waals surface area contributed by atoms with Gasteiger partial charge in [-0.1, -0.05) is 0 Å². The number of fused-ring (bicyclic) bond motifs is 1. The van der Waals surface area contributed by atoms with Crippen molar-refractivity contribution >= 4 is 33.0 Å². The summed E-state index contributed by atoms with van der Waals surface area (Å²) in [5.74, 6) is -0.665. The summed E-state index contributed by atoms with van der Waals surface area (Å²) in [6.45, 7) is 1.93. The molecule has 0 fully saturated rings. The van der Waals surface area contributed by atoms with Crippen molar-refractivity contribution in [3.63, 3.8) is 0 Å². The number of carbonyl (C=O) groups is 1. The van der Waals surface area contributed by atoms with Gasteiger partial charge >= 0.3 is 135 Å². The van der Waals surface area contributed by atoms with Crippen molar-refractivity contribution in [2.24, 2.45) is 7.05 Å². The van der Waals surface area contributed by atoms with Gasteiger partial charge in [-0.3, -0.25) is 4.68 Å². The summed E-state index contributed by atoms with van der Waals surface area (Å²) in [4.78, 5) is 21.9. The van der Waals surface area contributed by atoms with E-state index < -0.39 is 0 Å². The maximum absolute atomic E-state index is 14.0. The number of benzene rings is 1. The van der Waals surface area contributed by atoms with Crippen LogP contribution < -0.4 is 9.93 Å². The summed E-state index contributed by atoms with van der Waals surface area (Å²) in [5.41, 5.74) is 5.52. The first-order valence-electron chi connectivity index (χ1n) is 10.5. The van der Waals surface area contributed by atoms with Gasteiger partial charge in [-0.2, -0.15) is 5.10 Å². The third kappa shape index (κ3) is 4.34. The molecule has 1 amide bonds. The summed E-state index contributed by atoms with van der Waals surface area (Å²) in [6.07, 6.45) is 5.36. The van der Waals surface area contributed by atoms with E-state index in [1.54, 1.807) is 34.5 Å². The molecule has 1 N–H and O–H groups in total. The number of hydrogen-bond acceptors (Lipinski definition) is 5. The molecular weight excluding hydrogens is 496 g/mol. The van der Waals surface area contributed by atoms with Crippen LogP contribution in [0, 0.1) is 12.7 Å². The fourth-order valence-electron chi connectivity index (χ4n) is 3.76. The molecule has 0 spiro atoms. The molecule has 4 aromatic heterocycles. The van der Waals surface area contributed by atoms with Crippen LogP contribution in [0.1, 0.15) is 21.6 Å². The second-order valence-electron chi connectivity index (χ2n) is 7.85. The molecule has 0 saturated heterocycles. The number of carbonyl (C=O) groups excluding carboxylic acids is 1. The Labute approximate surface area is 203 Å². The zero-order valence-electron chi connectivity index (χ0n) is 18.4. The molecular formula is C24H19AsFN7O. The normalized spacial score (nSPS) is 11.2. The van der Waals surface area contributed by atoms with Gasteiger partial charge in [0.15, 0.2) is 0 Å². The molecule has 0 aliphatic rings. The SMILES string of the molecule is Cc1ncc(-c2ccn3nc([As])nc3c2)cc1C(=O)NCc1cc(F)ccc1-c1ccn(C)n1. The molecule has 10 heteroatoms. The average molecular weight is 515 g/mol. The molecule has 34 heavy (non-hydrogen) atoms. The van der Waals surface area contributed by atoms with Gasteiger partial charge in [0.1, 0.15) is 5.82 Å². The molecule has 0 aliphatic carbocycles. The Morgan fingerprint density at radius 3 is 2.74 bits per heavy atom. The van der Waals surface area contributed by atoms with Gasteiger partial charge in [0.2, 0.25) is 0 Å². The van der Waals surface area contributed by atoms with Gasteiger partial charge in [-0.15, -0.1) is 0 Å². The van der Waals surface area contributed by atoms with E-state index in [2.05, 4.69) is 42.3 Å². The molecule has 0 atom stereocenters. The Hall–Kier alpha value is -3.84. The summed E-state index contributed by atoms with van der Waals surface area (Å²) < 4.78 is 18.0. The summed E-state index contributed by atoms with van der Waals surface area (Å²) in [5, 5.41) is 11.6. The zero-order valence-corrected chi connectivity index (χ0v) is 20.3. The molecule has 2 radical (unpaired) electrons. The Bertz CT molecular complexity index is 1540. The molecule has 0 unspecified atom stereocenters. The predicted molar refractivity (Wildman–Crippen MR) is 126 cm³/mol. The molecule has 0 aliphatic heterocycles. The second kappa shape index (κ2) is 8.83. The monoisotopic (exact) mass is 515 g/mol. The summed E-state index contributed by atoms with van der Waals surface area (Å²) in [6, 6.07) is 11.9. The van der Waals surface area contributed by atoms with Crippen molar-refractivity contribution in [3.05, 3.63) is 83.7 Å². The van der Waals surface area contributed by atoms with E-state index in [-0.39, 0.29) is 18.3 Å². The molecule has 0 bridgehead atoms. The van der Waals surface area contributed by atoms with Crippen molar-refractivity contribution in [1.82, 2.24) is 34.7 Å². The Morgan fingerprint density at radius 1 is 1.09 bits per heavy atom. The number of rotatable bonds is 5. The van der Waals surface area contributed by atoms with Gasteiger partial charge in [-0.25, -0.2) is 4.39 Å². The quantitative estimate of drug-likeness (QED) is 0.363. The van der Waals surface area contributed by atoms with E-state index in [4.69, 9.17) is 0 Å². The maximum atomic E-state index is 14.0. The van der Waals surface area contributed by atoms with E-state index in [9.17, 15) is 9.18 Å². The Balaban J connectivity index is 1.41. The topological polar surface area (TPSA) is 90.0 Å². The molecule has 8 nitrogen and oxygen atoms in total. The van der Waals surface area contributed by atoms with Gasteiger partial charge in [0, 0.05) is 18.8 Å². The van der Waals surface area contributed by atoms with Crippen molar-refractivity contribution in [3.8, 4) is 22.4 Å². The molecule has 0 saturated carbocycles. The standard InChI is InChI=1S/C24H19AsFN7O/c1-14-20(10-16(12-27-14)15-5-8-33-22(11-15)29-24(25)31-33)23(34)28-13-17-9-18(26)3-4-19(17)21-6-7-32(2)30-21/h3-12H,13H2,1-2H3,(H,28,34). The Kier molecular flexibility index (Phi) is 5.71. The Morgan fingerprint density at radius 2 is 1.94 bits per heavy atom. The van der Waals surface area contributed by atoms with Crippen molar-refractivity contribution in [2.45, 2.75) is 13.5 Å². The molecule has 5 aromatic rings. The number of aromatic nitrogens is 6. The fourth-order valence-corrected chi connectivity index (χ4v) is 4.18. The van der Waals surface area contributed by atoms with Crippen molar-refractivity contribution in [2.75, 3.05) is 0 Å². The van der Waals surface area contributed by atoms with E-state index in [0.29, 0.717) is 32.8 Å². The van der Waals surface area contributed by atoms with E-state index >= 15 is 0 Å². The number of pyridine rings is 2. The minimum absolute atomic E-state index is 0.148. The summed E-state index contributed by atoms with van der Waals surface area (Å²) in [7, 11) is 1.82. The predicted octanol–water partition coefficient (Wildman–Crippen LogP) is 2.36. The first-order valence-corrected chi connectivity index (χ1v) is 11.4. The van der Waals surface area contributed by atoms with Gasteiger partial charge in [-0.05, 0) is 24.3 Å². The minimum Gasteiger partial charge on any atom is -0.275 e. The van der Waals surface area contributed by atoms with E-state index in [1.165, 1.54) is 12.1 Å². The second-order valence-corrected chi connectivity index (χ2v) is 8.68. The van der Waals surface area contributed by atoms with Crippen LogP contribution in [-0.2, 0) is 13.6 Å². The average Bonchev–Trinajstić information content (AvgIpc) is 3.41. The molecule has 1 aromatic carbocycles. The van der Waals surface area contributed by atoms with E-state index in [1.807, 2.05) is 37.6 Å². The molecule has 4 heterocycles. The van der Waals surface area contributed by atoms with Crippen molar-refractivity contribution < 1.29 is 9.18 Å². The summed E-state index contributed by atoms with van der Waals surface area (Å²) >= 11 is 2.31. The fraction of sp³-hybridized carbons (Fsp3) is 0.125. The van der Waals surface area contributed by atoms with Crippen LogP contribution in [0.2, 0.25) is 0 Å². The zero-order chi connectivity index (χ0) is 23.8. The van der Waals surface area contributed by atoms with E-state index in [0.717, 1.165) is 16.7 Å². The number of nitrogens with zero attached hydrogens (tertiary/aromatic N) is 6. The number of halogens is 1. The van der Waals surface area contributed by atoms with Crippen LogP contribution >= 0.6 is 0 Å². The first-order chi connectivity index (χ1) is 16.4. The van der Waals surface area contributed by atoms with Crippen LogP contribution in [0.15, 0.2) is 61.1 Å². The molecule has 5 rings (SSSR count). The van der Waals surface area contributed by atoms with Crippen molar-refractivity contribution in [1.29, 1.82) is 0 Å². The number of hydrogen-bond donors (Lipinski definition) is 1. The van der Waals surface area contributed by atoms with Crippen LogP contribution in [0.3, 0.4) is 0 Å². The van der Waals surface area contributed by atoms with Gasteiger partial charge in [0.25, 0.3) is 0 Å². The smallest absolute Gasteiger partial charge is 0.275 e. The van der Waals surface area contributed by atoms with Gasteiger partial charge in [0.05, 0.1) is 5.69 Å². The third-order valence-electron chi connectivity index (χ3n) is 5.49. The molecule has 168 valence electrons. The van der Waals surface area contributed by atoms with Gasteiger partial charge < -0.3 is 0 Å². The first kappa shape index (κ1) is 22.0. The van der Waals surface area contributed by atoms with Crippen LogP contribution in [0.5, 0.6) is 0 Å². The minimum atomic E-state index is -0.373. The van der Waals surface area contributed by atoms with Crippen LogP contribution in [0.4, 0.5) is 4.39 Å².